The largest absolute Gasteiger partial charge is 0.439 e. The molecule has 0 bridgehead atoms. The third-order valence-electron chi connectivity index (χ3n) is 6.18. The van der Waals surface area contributed by atoms with E-state index >= 15 is 0 Å². The van der Waals surface area contributed by atoms with E-state index < -0.39 is 6.09 Å². The van der Waals surface area contributed by atoms with Crippen molar-refractivity contribution in [1.29, 1.82) is 0 Å². The second-order valence-electron chi connectivity index (χ2n) is 8.37. The van der Waals surface area contributed by atoms with Crippen LogP contribution in [0.25, 0.3) is 0 Å². The number of carbonyl (C=O) groups excluding carboxylic acids is 1. The molecule has 3 aromatic rings. The van der Waals surface area contributed by atoms with Crippen LogP contribution < -0.4 is 4.74 Å². The molecule has 4 unspecified atom stereocenters. The van der Waals surface area contributed by atoms with Gasteiger partial charge in [-0.15, -0.1) is 0 Å². The molecule has 0 spiro atoms. The molecule has 5 rings (SSSR count). The molecule has 1 saturated carbocycles. The van der Waals surface area contributed by atoms with Crippen molar-refractivity contribution in [2.45, 2.75) is 37.9 Å². The van der Waals surface area contributed by atoms with E-state index in [1.807, 2.05) is 78.9 Å². The fraction of sp³-hybridized carbons (Fsp3) is 0.296. The van der Waals surface area contributed by atoms with Gasteiger partial charge in [0.05, 0.1) is 38.1 Å². The minimum absolute atomic E-state index is 0.0119. The van der Waals surface area contributed by atoms with Crippen molar-refractivity contribution in [1.82, 2.24) is 5.06 Å². The first-order chi connectivity index (χ1) is 16.3. The highest BCUT2D eigenvalue weighted by molar-refractivity contribution is 5.70. The van der Waals surface area contributed by atoms with Crippen molar-refractivity contribution in [3.63, 3.8) is 0 Å². The van der Waals surface area contributed by atoms with Crippen LogP contribution in [0.2, 0.25) is 0 Å². The molecule has 6 heteroatoms. The lowest BCUT2D eigenvalue weighted by Gasteiger charge is -2.24. The van der Waals surface area contributed by atoms with Crippen molar-refractivity contribution in [2.24, 2.45) is 5.92 Å². The Morgan fingerprint density at radius 2 is 1.39 bits per heavy atom. The van der Waals surface area contributed by atoms with Crippen LogP contribution in [-0.4, -0.2) is 36.0 Å². The number of carbonyl (C=O) groups is 1. The quantitative estimate of drug-likeness (QED) is 0.513. The molecule has 1 saturated heterocycles. The molecule has 170 valence electrons. The molecule has 0 radical (unpaired) electrons. The number of hydroxylamine groups is 2. The van der Waals surface area contributed by atoms with Crippen LogP contribution in [0.3, 0.4) is 0 Å². The molecule has 1 aliphatic carbocycles. The van der Waals surface area contributed by atoms with E-state index in [9.17, 15) is 4.79 Å². The number of amides is 1. The Hall–Kier alpha value is -3.19. The van der Waals surface area contributed by atoms with Gasteiger partial charge in [0, 0.05) is 5.92 Å². The fourth-order valence-corrected chi connectivity index (χ4v) is 4.54. The number of hydrogen-bond acceptors (Lipinski definition) is 5. The minimum atomic E-state index is -0.515. The van der Waals surface area contributed by atoms with E-state index in [4.69, 9.17) is 19.0 Å². The molecule has 1 amide bonds. The maximum Gasteiger partial charge on any atom is 0.439 e. The van der Waals surface area contributed by atoms with Crippen molar-refractivity contribution < 1.29 is 23.8 Å². The van der Waals surface area contributed by atoms with Gasteiger partial charge < -0.3 is 14.2 Å². The normalized spacial score (nSPS) is 23.9. The molecule has 0 aromatic heterocycles. The van der Waals surface area contributed by atoms with Gasteiger partial charge in [-0.05, 0) is 29.7 Å². The van der Waals surface area contributed by atoms with Gasteiger partial charge in [-0.2, -0.15) is 5.06 Å². The highest BCUT2D eigenvalue weighted by Crippen LogP contribution is 2.40. The summed E-state index contributed by atoms with van der Waals surface area (Å²) < 4.78 is 18.2. The van der Waals surface area contributed by atoms with E-state index in [2.05, 4.69) is 0 Å². The first-order valence-electron chi connectivity index (χ1n) is 11.3. The van der Waals surface area contributed by atoms with Crippen molar-refractivity contribution in [3.05, 3.63) is 102 Å². The first kappa shape index (κ1) is 21.6. The number of rotatable bonds is 7. The molecule has 1 aliphatic heterocycles. The Morgan fingerprint density at radius 1 is 0.818 bits per heavy atom. The van der Waals surface area contributed by atoms with Gasteiger partial charge in [-0.1, -0.05) is 78.9 Å². The maximum absolute atomic E-state index is 12.8. The lowest BCUT2D eigenvalue weighted by Crippen LogP contribution is -2.37. The average Bonchev–Trinajstić information content (AvgIpc) is 3.42. The predicted molar refractivity (Wildman–Crippen MR) is 122 cm³/mol. The van der Waals surface area contributed by atoms with Crippen LogP contribution in [0.15, 0.2) is 91.0 Å². The van der Waals surface area contributed by atoms with E-state index in [0.29, 0.717) is 32.0 Å². The van der Waals surface area contributed by atoms with Crippen LogP contribution in [0, 0.1) is 5.92 Å². The molecule has 1 heterocycles. The monoisotopic (exact) mass is 445 g/mol. The number of ether oxygens (including phenoxy) is 3. The number of para-hydroxylation sites is 1. The fourth-order valence-electron chi connectivity index (χ4n) is 4.54. The van der Waals surface area contributed by atoms with Gasteiger partial charge >= 0.3 is 6.09 Å². The van der Waals surface area contributed by atoms with Gasteiger partial charge in [0.2, 0.25) is 0 Å². The van der Waals surface area contributed by atoms with E-state index in [1.54, 1.807) is 12.1 Å². The lowest BCUT2D eigenvalue weighted by atomic mass is 10.0. The molecular formula is C27H27NO5. The zero-order valence-corrected chi connectivity index (χ0v) is 18.3. The number of nitrogens with zero attached hydrogens (tertiary/aromatic N) is 1. The van der Waals surface area contributed by atoms with E-state index in [0.717, 1.165) is 11.1 Å². The van der Waals surface area contributed by atoms with Crippen LogP contribution >= 0.6 is 0 Å². The Morgan fingerprint density at radius 3 is 2.03 bits per heavy atom. The predicted octanol–water partition coefficient (Wildman–Crippen LogP) is 4.99. The summed E-state index contributed by atoms with van der Waals surface area (Å²) in [6.45, 7) is 1.36. The van der Waals surface area contributed by atoms with Gasteiger partial charge in [0.1, 0.15) is 5.75 Å². The number of hydrogen-bond donors (Lipinski definition) is 0. The van der Waals surface area contributed by atoms with Gasteiger partial charge in [-0.3, -0.25) is 4.84 Å². The highest BCUT2D eigenvalue weighted by atomic mass is 16.7. The topological polar surface area (TPSA) is 57.2 Å². The maximum atomic E-state index is 12.8. The Bertz CT molecular complexity index is 1030. The molecule has 6 nitrogen and oxygen atoms in total. The minimum Gasteiger partial charge on any atom is -0.409 e. The van der Waals surface area contributed by atoms with Crippen molar-refractivity contribution in [2.75, 3.05) is 6.61 Å². The van der Waals surface area contributed by atoms with Gasteiger partial charge in [0.25, 0.3) is 0 Å². The third-order valence-corrected chi connectivity index (χ3v) is 6.18. The number of benzene rings is 3. The second kappa shape index (κ2) is 10.2. The molecule has 0 N–H and O–H groups in total. The molecule has 2 aliphatic rings. The average molecular weight is 446 g/mol. The molecule has 33 heavy (non-hydrogen) atoms. The zero-order chi connectivity index (χ0) is 22.5. The van der Waals surface area contributed by atoms with Crippen LogP contribution in [0.1, 0.15) is 17.5 Å². The zero-order valence-electron chi connectivity index (χ0n) is 18.3. The second-order valence-corrected chi connectivity index (χ2v) is 8.37. The standard InChI is InChI=1S/C27H27NO5/c29-27(33-22-14-8-3-9-15-22)28-24-16-25(30-17-20-10-4-1-5-11-20)26(23(24)19-32-28)31-18-21-12-6-2-7-13-21/h1-15,23-26H,16-19H2. The van der Waals surface area contributed by atoms with Crippen LogP contribution in [0.4, 0.5) is 4.79 Å². The van der Waals surface area contributed by atoms with E-state index in [-0.39, 0.29) is 24.2 Å². The summed E-state index contributed by atoms with van der Waals surface area (Å²) >= 11 is 0. The molecule has 2 fully saturated rings. The smallest absolute Gasteiger partial charge is 0.409 e. The summed E-state index contributed by atoms with van der Waals surface area (Å²) in [5.74, 6) is 0.499. The summed E-state index contributed by atoms with van der Waals surface area (Å²) in [6, 6.07) is 29.0. The van der Waals surface area contributed by atoms with Crippen LogP contribution in [0.5, 0.6) is 5.75 Å². The Labute approximate surface area is 193 Å². The van der Waals surface area contributed by atoms with Gasteiger partial charge in [-0.25, -0.2) is 4.79 Å². The lowest BCUT2D eigenvalue weighted by molar-refractivity contribution is -0.125. The third kappa shape index (κ3) is 5.09. The Kier molecular flexibility index (Phi) is 6.67. The summed E-state index contributed by atoms with van der Waals surface area (Å²) in [5.41, 5.74) is 2.20. The van der Waals surface area contributed by atoms with E-state index in [1.165, 1.54) is 5.06 Å². The highest BCUT2D eigenvalue weighted by Gasteiger charge is 2.53. The van der Waals surface area contributed by atoms with Crippen molar-refractivity contribution in [3.8, 4) is 5.75 Å². The van der Waals surface area contributed by atoms with Crippen LogP contribution in [-0.2, 0) is 27.5 Å². The SMILES string of the molecule is O=C(Oc1ccccc1)N1OCC2C(OCc3ccccc3)C(OCc3ccccc3)CC21. The first-order valence-corrected chi connectivity index (χ1v) is 11.3. The summed E-state index contributed by atoms with van der Waals surface area (Å²) in [6.07, 6.45) is -0.228. The Balaban J connectivity index is 1.28. The summed E-state index contributed by atoms with van der Waals surface area (Å²) in [7, 11) is 0. The summed E-state index contributed by atoms with van der Waals surface area (Å²) in [4.78, 5) is 18.6. The molecule has 4 atom stereocenters. The summed E-state index contributed by atoms with van der Waals surface area (Å²) in [5, 5.41) is 1.36. The van der Waals surface area contributed by atoms with Crippen molar-refractivity contribution >= 4 is 6.09 Å². The van der Waals surface area contributed by atoms with Gasteiger partial charge in [0.15, 0.2) is 0 Å². The number of fused-ring (bicyclic) bond motifs is 1. The molecular weight excluding hydrogens is 418 g/mol. The molecule has 3 aromatic carbocycles.